The van der Waals surface area contributed by atoms with Crippen LogP contribution in [0.25, 0.3) is 10.9 Å². The van der Waals surface area contributed by atoms with E-state index in [0.717, 1.165) is 0 Å². The van der Waals surface area contributed by atoms with Gasteiger partial charge in [0.25, 0.3) is 0 Å². The number of fused-ring (bicyclic) bond motifs is 1. The Morgan fingerprint density at radius 3 is 2.88 bits per heavy atom. The number of halogens is 4. The van der Waals surface area contributed by atoms with Crippen LogP contribution in [0.4, 0.5) is 24.7 Å². The van der Waals surface area contributed by atoms with Crippen molar-refractivity contribution in [2.75, 3.05) is 31.6 Å². The monoisotopic (exact) mass is 482 g/mol. The van der Waals surface area contributed by atoms with Crippen molar-refractivity contribution < 1.29 is 27.8 Å². The topological polar surface area (TPSA) is 79.7 Å². The molecule has 0 saturated carbocycles. The zero-order valence-corrected chi connectivity index (χ0v) is 18.2. The number of ether oxygens (including phenoxy) is 2. The van der Waals surface area contributed by atoms with Crippen molar-refractivity contribution in [3.63, 3.8) is 0 Å². The summed E-state index contributed by atoms with van der Waals surface area (Å²) in [5, 5.41) is 14.0. The van der Waals surface area contributed by atoms with E-state index >= 15 is 0 Å². The van der Waals surface area contributed by atoms with E-state index in [1.54, 1.807) is 6.07 Å². The number of hydrogen-bond donors (Lipinski definition) is 2. The molecule has 4 rings (SSSR count). The summed E-state index contributed by atoms with van der Waals surface area (Å²) in [7, 11) is 0. The molecule has 0 aliphatic carbocycles. The van der Waals surface area contributed by atoms with Crippen molar-refractivity contribution in [3.05, 3.63) is 47.5 Å². The molecule has 1 fully saturated rings. The molecule has 2 heterocycles. The lowest BCUT2D eigenvalue weighted by Crippen LogP contribution is -2.26. The molecule has 0 amide bonds. The second-order valence-corrected chi connectivity index (χ2v) is 8.03. The van der Waals surface area contributed by atoms with Crippen LogP contribution in [0.5, 0.6) is 11.5 Å². The van der Waals surface area contributed by atoms with Crippen molar-refractivity contribution in [2.45, 2.75) is 25.6 Å². The van der Waals surface area contributed by atoms with E-state index in [1.807, 2.05) is 4.90 Å². The highest BCUT2D eigenvalue weighted by atomic mass is 35.5. The number of nitrogens with one attached hydrogen (secondary N) is 1. The molecule has 0 radical (unpaired) electrons. The van der Waals surface area contributed by atoms with E-state index < -0.39 is 18.5 Å². The molecular formula is C22H22ClF3N4O3. The fourth-order valence-corrected chi connectivity index (χ4v) is 3.91. The van der Waals surface area contributed by atoms with Crippen LogP contribution in [-0.2, 0) is 4.74 Å². The van der Waals surface area contributed by atoms with E-state index in [1.165, 1.54) is 30.6 Å². The number of phenols is 1. The fraction of sp³-hybridized carbons (Fsp3) is 0.364. The third-order valence-electron chi connectivity index (χ3n) is 5.30. The Morgan fingerprint density at radius 2 is 2.09 bits per heavy atom. The molecule has 11 heteroatoms. The third-order valence-corrected chi connectivity index (χ3v) is 5.59. The van der Waals surface area contributed by atoms with Crippen molar-refractivity contribution in [1.29, 1.82) is 0 Å². The predicted molar refractivity (Wildman–Crippen MR) is 118 cm³/mol. The molecule has 1 aromatic heterocycles. The second-order valence-electron chi connectivity index (χ2n) is 7.62. The van der Waals surface area contributed by atoms with Crippen molar-refractivity contribution in [3.8, 4) is 11.5 Å². The van der Waals surface area contributed by atoms with Crippen LogP contribution in [0.1, 0.15) is 12.8 Å². The fourth-order valence-electron chi connectivity index (χ4n) is 3.73. The zero-order valence-electron chi connectivity index (χ0n) is 17.5. The summed E-state index contributed by atoms with van der Waals surface area (Å²) in [5.74, 6) is 0.109. The number of alkyl halides is 2. The lowest BCUT2D eigenvalue weighted by molar-refractivity contribution is -0.158. The molecule has 0 bridgehead atoms. The third kappa shape index (κ3) is 5.95. The van der Waals surface area contributed by atoms with E-state index in [2.05, 4.69) is 20.0 Å². The number of aromatic hydroxyl groups is 1. The van der Waals surface area contributed by atoms with Gasteiger partial charge in [-0.2, -0.15) is 8.78 Å². The molecule has 0 spiro atoms. The maximum absolute atomic E-state index is 13.4. The number of phenolic OH excluding ortho intramolecular Hbond substituents is 1. The van der Waals surface area contributed by atoms with E-state index in [4.69, 9.17) is 16.3 Å². The lowest BCUT2D eigenvalue weighted by Gasteiger charge is -2.16. The molecule has 3 aromatic rings. The number of rotatable bonds is 9. The van der Waals surface area contributed by atoms with Gasteiger partial charge in [0.1, 0.15) is 18.0 Å². The van der Waals surface area contributed by atoms with Crippen LogP contribution in [0.15, 0.2) is 36.7 Å². The van der Waals surface area contributed by atoms with Gasteiger partial charge >= 0.3 is 6.61 Å². The Balaban J connectivity index is 1.39. The highest BCUT2D eigenvalue weighted by Crippen LogP contribution is 2.34. The van der Waals surface area contributed by atoms with Crippen molar-refractivity contribution in [1.82, 2.24) is 14.9 Å². The first-order valence-corrected chi connectivity index (χ1v) is 10.8. The van der Waals surface area contributed by atoms with Gasteiger partial charge < -0.3 is 24.8 Å². The van der Waals surface area contributed by atoms with Crippen LogP contribution in [0.2, 0.25) is 5.02 Å². The average molecular weight is 483 g/mol. The molecule has 1 aliphatic heterocycles. The van der Waals surface area contributed by atoms with E-state index in [0.29, 0.717) is 61.5 Å². The molecule has 7 nitrogen and oxygen atoms in total. The highest BCUT2D eigenvalue weighted by Gasteiger charge is 2.25. The van der Waals surface area contributed by atoms with Crippen molar-refractivity contribution >= 4 is 34.0 Å². The quantitative estimate of drug-likeness (QED) is 0.417. The number of aromatic nitrogens is 2. The number of hydrogen-bond acceptors (Lipinski definition) is 7. The summed E-state index contributed by atoms with van der Waals surface area (Å²) >= 11 is 5.85. The maximum atomic E-state index is 13.4. The maximum Gasteiger partial charge on any atom is 0.345 e. The average Bonchev–Trinajstić information content (AvgIpc) is 3.21. The van der Waals surface area contributed by atoms with Gasteiger partial charge in [-0.25, -0.2) is 14.4 Å². The minimum Gasteiger partial charge on any atom is -0.504 e. The summed E-state index contributed by atoms with van der Waals surface area (Å²) in [6.07, 6.45) is 2.11. The van der Waals surface area contributed by atoms with Crippen LogP contribution >= 0.6 is 11.6 Å². The minimum atomic E-state index is -2.75. The van der Waals surface area contributed by atoms with Gasteiger partial charge in [0, 0.05) is 36.8 Å². The molecule has 176 valence electrons. The Bertz CT molecular complexity index is 1120. The molecule has 1 atom stereocenters. The summed E-state index contributed by atoms with van der Waals surface area (Å²) in [6.45, 7) is -0.611. The van der Waals surface area contributed by atoms with Gasteiger partial charge in [-0.05, 0) is 37.1 Å². The summed E-state index contributed by atoms with van der Waals surface area (Å²) in [5.41, 5.74) is 1.03. The normalized spacial score (nSPS) is 16.6. The van der Waals surface area contributed by atoms with Crippen LogP contribution in [0, 0.1) is 5.82 Å². The molecule has 33 heavy (non-hydrogen) atoms. The predicted octanol–water partition coefficient (Wildman–Crippen LogP) is 4.95. The van der Waals surface area contributed by atoms with E-state index in [9.17, 15) is 18.3 Å². The smallest absolute Gasteiger partial charge is 0.345 e. The SMILES string of the molecule is Oc1cc2ncnc(Nc3ccc(F)c(Cl)c3)c2cc1OCCCN1CC[C@H](OC(F)F)C1. The van der Waals surface area contributed by atoms with Crippen LogP contribution < -0.4 is 10.1 Å². The second kappa shape index (κ2) is 10.4. The first kappa shape index (κ1) is 23.3. The lowest BCUT2D eigenvalue weighted by atomic mass is 10.2. The number of nitrogens with zero attached hydrogens (tertiary/aromatic N) is 3. The Labute approximate surface area is 193 Å². The molecule has 1 saturated heterocycles. The summed E-state index contributed by atoms with van der Waals surface area (Å²) in [4.78, 5) is 10.4. The van der Waals surface area contributed by atoms with Gasteiger partial charge in [0.2, 0.25) is 0 Å². The number of anilines is 2. The van der Waals surface area contributed by atoms with Gasteiger partial charge in [0.05, 0.1) is 23.3 Å². The Morgan fingerprint density at radius 1 is 1.24 bits per heavy atom. The highest BCUT2D eigenvalue weighted by molar-refractivity contribution is 6.31. The Hall–Kier alpha value is -2.82. The van der Waals surface area contributed by atoms with E-state index in [-0.39, 0.29) is 16.5 Å². The van der Waals surface area contributed by atoms with Gasteiger partial charge in [-0.15, -0.1) is 0 Å². The van der Waals surface area contributed by atoms with Crippen LogP contribution in [0.3, 0.4) is 0 Å². The Kier molecular flexibility index (Phi) is 7.36. The standard InChI is InChI=1S/C22H22ClF3N4O3/c23-16-8-13(2-3-17(16)24)29-21-15-9-20(19(31)10-18(15)27-12-28-21)32-7-1-5-30-6-4-14(11-30)33-22(25)26/h2-3,8-10,12,14,22,31H,1,4-7,11H2,(H,27,28,29)/t14-/m0/s1. The molecule has 2 N–H and O–H groups in total. The van der Waals surface area contributed by atoms with Crippen LogP contribution in [-0.4, -0.2) is 58.9 Å². The zero-order chi connectivity index (χ0) is 23.4. The van der Waals surface area contributed by atoms with Crippen molar-refractivity contribution in [2.24, 2.45) is 0 Å². The van der Waals surface area contributed by atoms with Gasteiger partial charge in [-0.1, -0.05) is 11.6 Å². The molecular weight excluding hydrogens is 461 g/mol. The van der Waals surface area contributed by atoms with Gasteiger partial charge in [-0.3, -0.25) is 0 Å². The summed E-state index contributed by atoms with van der Waals surface area (Å²) < 4.78 is 48.4. The first-order chi connectivity index (χ1) is 15.9. The molecule has 0 unspecified atom stereocenters. The molecule has 1 aliphatic rings. The largest absolute Gasteiger partial charge is 0.504 e. The summed E-state index contributed by atoms with van der Waals surface area (Å²) in [6, 6.07) is 7.32. The number of benzene rings is 2. The minimum absolute atomic E-state index is 0.0230. The number of likely N-dealkylation sites (tertiary alicyclic amines) is 1. The molecule has 2 aromatic carbocycles. The van der Waals surface area contributed by atoms with Gasteiger partial charge in [0.15, 0.2) is 11.5 Å². The first-order valence-electron chi connectivity index (χ1n) is 10.4.